The minimum absolute atomic E-state index is 0.0525. The summed E-state index contributed by atoms with van der Waals surface area (Å²) >= 11 is 3.36. The molecule has 0 saturated carbocycles. The lowest BCUT2D eigenvalue weighted by molar-refractivity contribution is -0.384. The van der Waals surface area contributed by atoms with E-state index in [1.54, 1.807) is 12.1 Å². The molecule has 0 aromatic heterocycles. The molecular weight excluding hydrogens is 310 g/mol. The van der Waals surface area contributed by atoms with Gasteiger partial charge in [-0.25, -0.2) is 0 Å². The van der Waals surface area contributed by atoms with Gasteiger partial charge in [0.05, 0.1) is 10.6 Å². The van der Waals surface area contributed by atoms with Gasteiger partial charge in [-0.2, -0.15) is 5.10 Å². The van der Waals surface area contributed by atoms with Crippen LogP contribution >= 0.6 is 15.9 Å². The zero-order chi connectivity index (χ0) is 13.7. The van der Waals surface area contributed by atoms with Crippen LogP contribution in [0.2, 0.25) is 0 Å². The molecule has 0 aliphatic carbocycles. The van der Waals surface area contributed by atoms with Crippen LogP contribution in [0.3, 0.4) is 0 Å². The van der Waals surface area contributed by atoms with Crippen molar-refractivity contribution in [1.29, 1.82) is 0 Å². The number of nitro groups is 1. The summed E-state index contributed by atoms with van der Waals surface area (Å²) in [5.41, 5.74) is 4.50. The van der Waals surface area contributed by atoms with Gasteiger partial charge < -0.3 is 0 Å². The van der Waals surface area contributed by atoms with E-state index in [-0.39, 0.29) is 5.69 Å². The molecule has 2 rings (SSSR count). The first-order valence-corrected chi connectivity index (χ1v) is 6.25. The fraction of sp³-hybridized carbons (Fsp3) is 0. The van der Waals surface area contributed by atoms with E-state index in [1.807, 2.05) is 30.3 Å². The molecule has 0 amide bonds. The van der Waals surface area contributed by atoms with Crippen molar-refractivity contribution in [3.8, 4) is 0 Å². The molecule has 0 atom stereocenters. The van der Waals surface area contributed by atoms with E-state index in [2.05, 4.69) is 26.5 Å². The molecule has 96 valence electrons. The number of hydrazone groups is 1. The maximum Gasteiger partial charge on any atom is 0.269 e. The highest BCUT2D eigenvalue weighted by atomic mass is 79.9. The number of benzene rings is 2. The minimum Gasteiger partial charge on any atom is -0.277 e. The molecule has 1 N–H and O–H groups in total. The van der Waals surface area contributed by atoms with Gasteiger partial charge in [-0.1, -0.05) is 30.3 Å². The van der Waals surface area contributed by atoms with Crippen LogP contribution in [-0.4, -0.2) is 9.54 Å². The second-order valence-electron chi connectivity index (χ2n) is 3.68. The molecule has 19 heavy (non-hydrogen) atoms. The Hall–Kier alpha value is -2.21. The van der Waals surface area contributed by atoms with Crippen molar-refractivity contribution in [1.82, 2.24) is 0 Å². The Morgan fingerprint density at radius 1 is 1.11 bits per heavy atom. The lowest BCUT2D eigenvalue weighted by atomic mass is 10.2. The molecule has 6 heteroatoms. The van der Waals surface area contributed by atoms with Gasteiger partial charge in [-0.3, -0.25) is 15.5 Å². The van der Waals surface area contributed by atoms with Crippen LogP contribution in [0.15, 0.2) is 59.7 Å². The van der Waals surface area contributed by atoms with Crippen LogP contribution in [0.5, 0.6) is 0 Å². The number of nitrogens with zero attached hydrogens (tertiary/aromatic N) is 2. The summed E-state index contributed by atoms with van der Waals surface area (Å²) in [6.07, 6.45) is 0. The monoisotopic (exact) mass is 319 g/mol. The topological polar surface area (TPSA) is 67.5 Å². The number of non-ortho nitro benzene ring substituents is 1. The first-order valence-electron chi connectivity index (χ1n) is 5.46. The van der Waals surface area contributed by atoms with Crippen molar-refractivity contribution in [2.45, 2.75) is 0 Å². The lowest BCUT2D eigenvalue weighted by Gasteiger charge is -2.02. The standard InChI is InChI=1S/C13H10BrN3O2/c14-13(10-4-2-1-3-5-10)16-15-11-6-8-12(9-7-11)17(18)19/h1-9,15H/b16-13-. The number of rotatable bonds is 4. The average molecular weight is 320 g/mol. The Morgan fingerprint density at radius 2 is 1.74 bits per heavy atom. The van der Waals surface area contributed by atoms with E-state index >= 15 is 0 Å². The van der Waals surface area contributed by atoms with Crippen molar-refractivity contribution < 1.29 is 4.92 Å². The van der Waals surface area contributed by atoms with Gasteiger partial charge in [0.25, 0.3) is 5.69 Å². The maximum atomic E-state index is 10.5. The zero-order valence-electron chi connectivity index (χ0n) is 9.79. The summed E-state index contributed by atoms with van der Waals surface area (Å²) in [6.45, 7) is 0. The molecule has 0 saturated heterocycles. The van der Waals surface area contributed by atoms with Gasteiger partial charge in [0.2, 0.25) is 0 Å². The second kappa shape index (κ2) is 6.10. The summed E-state index contributed by atoms with van der Waals surface area (Å²) in [6, 6.07) is 15.7. The molecule has 0 unspecified atom stereocenters. The fourth-order valence-electron chi connectivity index (χ4n) is 1.41. The summed E-state index contributed by atoms with van der Waals surface area (Å²) in [4.78, 5) is 10.1. The van der Waals surface area contributed by atoms with Gasteiger partial charge in [-0.15, -0.1) is 0 Å². The second-order valence-corrected chi connectivity index (χ2v) is 4.44. The highest BCUT2D eigenvalue weighted by Gasteiger charge is 2.03. The Balaban J connectivity index is 2.08. The van der Waals surface area contributed by atoms with Crippen molar-refractivity contribution >= 4 is 31.9 Å². The van der Waals surface area contributed by atoms with E-state index < -0.39 is 4.92 Å². The number of halogens is 1. The summed E-state index contributed by atoms with van der Waals surface area (Å²) in [5.74, 6) is 0. The Bertz CT molecular complexity index is 597. The number of hydrogen-bond donors (Lipinski definition) is 1. The largest absolute Gasteiger partial charge is 0.277 e. The Kier molecular flexibility index (Phi) is 4.25. The van der Waals surface area contributed by atoms with Crippen LogP contribution in [0.25, 0.3) is 0 Å². The molecule has 2 aromatic rings. The maximum absolute atomic E-state index is 10.5. The van der Waals surface area contributed by atoms with Gasteiger partial charge in [0.1, 0.15) is 4.62 Å². The van der Waals surface area contributed by atoms with Crippen molar-refractivity contribution in [3.63, 3.8) is 0 Å². The predicted molar refractivity (Wildman–Crippen MR) is 78.6 cm³/mol. The number of nitrogens with one attached hydrogen (secondary N) is 1. The molecule has 0 fully saturated rings. The van der Waals surface area contributed by atoms with Gasteiger partial charge in [0, 0.05) is 17.7 Å². The van der Waals surface area contributed by atoms with Crippen molar-refractivity contribution in [2.75, 3.05) is 5.43 Å². The first-order chi connectivity index (χ1) is 9.16. The van der Waals surface area contributed by atoms with Crippen LogP contribution in [-0.2, 0) is 0 Å². The number of anilines is 1. The van der Waals surface area contributed by atoms with E-state index in [1.165, 1.54) is 12.1 Å². The van der Waals surface area contributed by atoms with Gasteiger partial charge in [0.15, 0.2) is 0 Å². The lowest BCUT2D eigenvalue weighted by Crippen LogP contribution is -1.96. The van der Waals surface area contributed by atoms with E-state index in [4.69, 9.17) is 0 Å². The molecule has 2 aromatic carbocycles. The Morgan fingerprint density at radius 3 is 2.32 bits per heavy atom. The molecule has 0 spiro atoms. The summed E-state index contributed by atoms with van der Waals surface area (Å²) in [7, 11) is 0. The molecular formula is C13H10BrN3O2. The highest BCUT2D eigenvalue weighted by molar-refractivity contribution is 9.18. The third-order valence-electron chi connectivity index (χ3n) is 2.37. The third kappa shape index (κ3) is 3.62. The molecule has 0 heterocycles. The number of nitro benzene ring substituents is 1. The fourth-order valence-corrected chi connectivity index (χ4v) is 1.76. The summed E-state index contributed by atoms with van der Waals surface area (Å²) < 4.78 is 0.659. The first kappa shape index (κ1) is 13.2. The SMILES string of the molecule is O=[N+]([O-])c1ccc(N/N=C(\Br)c2ccccc2)cc1. The number of hydrogen-bond acceptors (Lipinski definition) is 4. The quantitative estimate of drug-likeness (QED) is 0.530. The predicted octanol–water partition coefficient (Wildman–Crippen LogP) is 3.76. The third-order valence-corrected chi connectivity index (χ3v) is 3.01. The van der Waals surface area contributed by atoms with Crippen molar-refractivity contribution in [3.05, 3.63) is 70.3 Å². The van der Waals surface area contributed by atoms with Crippen LogP contribution in [0.1, 0.15) is 5.56 Å². The van der Waals surface area contributed by atoms with E-state index in [0.717, 1.165) is 5.56 Å². The average Bonchev–Trinajstić information content (AvgIpc) is 2.46. The normalized spacial score (nSPS) is 11.1. The molecule has 5 nitrogen and oxygen atoms in total. The van der Waals surface area contributed by atoms with Crippen molar-refractivity contribution in [2.24, 2.45) is 5.10 Å². The van der Waals surface area contributed by atoms with E-state index in [0.29, 0.717) is 10.3 Å². The van der Waals surface area contributed by atoms with Gasteiger partial charge in [-0.05, 0) is 28.1 Å². The zero-order valence-corrected chi connectivity index (χ0v) is 11.4. The smallest absolute Gasteiger partial charge is 0.269 e. The van der Waals surface area contributed by atoms with Gasteiger partial charge >= 0.3 is 0 Å². The van der Waals surface area contributed by atoms with E-state index in [9.17, 15) is 10.1 Å². The molecule has 0 radical (unpaired) electrons. The highest BCUT2D eigenvalue weighted by Crippen LogP contribution is 2.16. The minimum atomic E-state index is -0.438. The molecule has 0 aliphatic heterocycles. The molecule has 0 bridgehead atoms. The molecule has 0 aliphatic rings. The summed E-state index contributed by atoms with van der Waals surface area (Å²) in [5, 5.41) is 14.7. The Labute approximate surface area is 118 Å². The van der Waals surface area contributed by atoms with Crippen LogP contribution in [0.4, 0.5) is 11.4 Å². The van der Waals surface area contributed by atoms with Crippen LogP contribution in [0, 0.1) is 10.1 Å². The van der Waals surface area contributed by atoms with Crippen LogP contribution < -0.4 is 5.43 Å².